The summed E-state index contributed by atoms with van der Waals surface area (Å²) < 4.78 is 6.50. The third-order valence-electron chi connectivity index (χ3n) is 2.86. The van der Waals surface area contributed by atoms with Crippen LogP contribution in [-0.4, -0.2) is 22.2 Å². The Bertz CT molecular complexity index is 423. The number of rotatable bonds is 4. The van der Waals surface area contributed by atoms with Crippen molar-refractivity contribution in [2.24, 2.45) is 11.3 Å². The highest BCUT2D eigenvalue weighted by Gasteiger charge is 2.24. The zero-order valence-corrected chi connectivity index (χ0v) is 12.3. The Balaban J connectivity index is 2.97. The van der Waals surface area contributed by atoms with E-state index in [1.54, 1.807) is 13.2 Å². The largest absolute Gasteiger partial charge is 0.480 e. The number of ether oxygens (including phenoxy) is 1. The van der Waals surface area contributed by atoms with Crippen molar-refractivity contribution in [3.63, 3.8) is 0 Å². The predicted molar refractivity (Wildman–Crippen MR) is 71.8 cm³/mol. The molecule has 0 aromatic carbocycles. The van der Waals surface area contributed by atoms with Crippen LogP contribution < -0.4 is 10.3 Å². The van der Waals surface area contributed by atoms with Crippen molar-refractivity contribution in [3.8, 4) is 5.88 Å². The van der Waals surface area contributed by atoms with E-state index < -0.39 is 0 Å². The van der Waals surface area contributed by atoms with Crippen molar-refractivity contribution in [1.82, 2.24) is 9.78 Å². The molecule has 0 bridgehead atoms. The van der Waals surface area contributed by atoms with Gasteiger partial charge in [0.25, 0.3) is 5.56 Å². The lowest BCUT2D eigenvalue weighted by molar-refractivity contribution is 0.225. The second-order valence-corrected chi connectivity index (χ2v) is 5.76. The first-order chi connectivity index (χ1) is 7.88. The van der Waals surface area contributed by atoms with Gasteiger partial charge in [0.05, 0.1) is 7.11 Å². The first-order valence-electron chi connectivity index (χ1n) is 5.56. The van der Waals surface area contributed by atoms with Crippen LogP contribution in [0.4, 0.5) is 0 Å². The summed E-state index contributed by atoms with van der Waals surface area (Å²) in [5.74, 6) is 0.798. The molecule has 1 aromatic rings. The first kappa shape index (κ1) is 14.2. The number of aromatic nitrogens is 2. The molecule has 5 heteroatoms. The molecule has 1 heterocycles. The van der Waals surface area contributed by atoms with E-state index in [1.807, 2.05) is 0 Å². The monoisotopic (exact) mass is 302 g/mol. The van der Waals surface area contributed by atoms with E-state index in [-0.39, 0.29) is 11.0 Å². The fourth-order valence-corrected chi connectivity index (χ4v) is 2.61. The first-order valence-corrected chi connectivity index (χ1v) is 6.68. The average Bonchev–Trinajstić information content (AvgIpc) is 2.26. The van der Waals surface area contributed by atoms with Crippen LogP contribution in [0.1, 0.15) is 20.8 Å². The molecule has 1 aromatic heterocycles. The molecule has 0 aliphatic heterocycles. The van der Waals surface area contributed by atoms with Crippen LogP contribution >= 0.6 is 15.9 Å². The Labute approximate surface area is 110 Å². The summed E-state index contributed by atoms with van der Waals surface area (Å²) in [5, 5.41) is 4.99. The highest BCUT2D eigenvalue weighted by molar-refractivity contribution is 9.09. The molecule has 17 heavy (non-hydrogen) atoms. The second-order valence-electron chi connectivity index (χ2n) is 5.11. The van der Waals surface area contributed by atoms with E-state index in [0.29, 0.717) is 18.3 Å². The fourth-order valence-electron chi connectivity index (χ4n) is 1.43. The Morgan fingerprint density at radius 3 is 2.59 bits per heavy atom. The fraction of sp³-hybridized carbons (Fsp3) is 0.667. The van der Waals surface area contributed by atoms with Crippen LogP contribution in [-0.2, 0) is 6.54 Å². The lowest BCUT2D eigenvalue weighted by atomic mass is 9.82. The zero-order valence-electron chi connectivity index (χ0n) is 10.7. The number of halogens is 1. The lowest BCUT2D eigenvalue weighted by Crippen LogP contribution is -2.32. The van der Waals surface area contributed by atoms with Crippen LogP contribution in [0.2, 0.25) is 0 Å². The predicted octanol–water partition coefficient (Wildman–Crippen LogP) is 2.31. The summed E-state index contributed by atoms with van der Waals surface area (Å²) in [7, 11) is 1.54. The summed E-state index contributed by atoms with van der Waals surface area (Å²) >= 11 is 3.49. The van der Waals surface area contributed by atoms with Crippen LogP contribution in [0.3, 0.4) is 0 Å². The van der Waals surface area contributed by atoms with Crippen molar-refractivity contribution < 1.29 is 4.74 Å². The molecule has 0 radical (unpaired) electrons. The topological polar surface area (TPSA) is 44.1 Å². The van der Waals surface area contributed by atoms with Crippen molar-refractivity contribution >= 4 is 15.9 Å². The quantitative estimate of drug-likeness (QED) is 0.802. The van der Waals surface area contributed by atoms with Crippen LogP contribution in [0.15, 0.2) is 16.9 Å². The van der Waals surface area contributed by atoms with Gasteiger partial charge < -0.3 is 4.74 Å². The summed E-state index contributed by atoms with van der Waals surface area (Å²) in [6.07, 6.45) is 0. The van der Waals surface area contributed by atoms with Crippen LogP contribution in [0.25, 0.3) is 0 Å². The van der Waals surface area contributed by atoms with Gasteiger partial charge in [-0.1, -0.05) is 36.7 Å². The minimum absolute atomic E-state index is 0.0963. The molecule has 0 saturated carbocycles. The number of hydrogen-bond acceptors (Lipinski definition) is 3. The molecule has 0 fully saturated rings. The Kier molecular flexibility index (Phi) is 4.74. The van der Waals surface area contributed by atoms with E-state index in [2.05, 4.69) is 41.8 Å². The summed E-state index contributed by atoms with van der Waals surface area (Å²) in [6, 6.07) is 3.07. The summed E-state index contributed by atoms with van der Waals surface area (Å²) in [4.78, 5) is 11.7. The maximum atomic E-state index is 11.7. The summed E-state index contributed by atoms with van der Waals surface area (Å²) in [5.41, 5.74) is 0.0225. The van der Waals surface area contributed by atoms with Gasteiger partial charge in [0, 0.05) is 24.0 Å². The average molecular weight is 303 g/mol. The van der Waals surface area contributed by atoms with E-state index in [1.165, 1.54) is 10.7 Å². The SMILES string of the molecule is COc1ccc(=O)n(CC(CBr)C(C)(C)C)n1. The highest BCUT2D eigenvalue weighted by atomic mass is 79.9. The molecule has 0 saturated heterocycles. The number of methoxy groups -OCH3 is 1. The van der Waals surface area contributed by atoms with Crippen molar-refractivity contribution in [2.45, 2.75) is 27.3 Å². The second kappa shape index (κ2) is 5.67. The molecule has 0 aliphatic rings. The molecule has 0 N–H and O–H groups in total. The lowest BCUT2D eigenvalue weighted by Gasteiger charge is -2.29. The number of alkyl halides is 1. The highest BCUT2D eigenvalue weighted by Crippen LogP contribution is 2.28. The van der Waals surface area contributed by atoms with Crippen molar-refractivity contribution in [3.05, 3.63) is 22.5 Å². The molecular formula is C12H19BrN2O2. The minimum Gasteiger partial charge on any atom is -0.480 e. The maximum Gasteiger partial charge on any atom is 0.266 e. The van der Waals surface area contributed by atoms with Gasteiger partial charge in [0.15, 0.2) is 0 Å². The van der Waals surface area contributed by atoms with Gasteiger partial charge in [-0.25, -0.2) is 4.68 Å². The van der Waals surface area contributed by atoms with E-state index in [4.69, 9.17) is 4.74 Å². The maximum absolute atomic E-state index is 11.7. The molecule has 1 rings (SSSR count). The van der Waals surface area contributed by atoms with Crippen LogP contribution in [0.5, 0.6) is 5.88 Å². The van der Waals surface area contributed by atoms with Crippen molar-refractivity contribution in [2.75, 3.05) is 12.4 Å². The molecule has 1 atom stereocenters. The molecular weight excluding hydrogens is 284 g/mol. The molecule has 0 amide bonds. The van der Waals surface area contributed by atoms with Gasteiger partial charge in [0.1, 0.15) is 0 Å². The minimum atomic E-state index is -0.0963. The Morgan fingerprint density at radius 1 is 1.47 bits per heavy atom. The zero-order chi connectivity index (χ0) is 13.1. The van der Waals surface area contributed by atoms with Crippen LogP contribution in [0, 0.1) is 11.3 Å². The molecule has 4 nitrogen and oxygen atoms in total. The Morgan fingerprint density at radius 2 is 2.12 bits per heavy atom. The van der Waals surface area contributed by atoms with Crippen molar-refractivity contribution in [1.29, 1.82) is 0 Å². The standard InChI is InChI=1S/C12H19BrN2O2/c1-12(2,3)9(7-13)8-15-11(16)6-5-10(14-15)17-4/h5-6,9H,7-8H2,1-4H3. The van der Waals surface area contributed by atoms with Gasteiger partial charge in [-0.05, 0) is 11.3 Å². The smallest absolute Gasteiger partial charge is 0.266 e. The molecule has 0 aliphatic carbocycles. The van der Waals surface area contributed by atoms with E-state index in [0.717, 1.165) is 5.33 Å². The number of hydrogen-bond donors (Lipinski definition) is 0. The van der Waals surface area contributed by atoms with Gasteiger partial charge >= 0.3 is 0 Å². The third kappa shape index (κ3) is 3.84. The molecule has 96 valence electrons. The van der Waals surface area contributed by atoms with E-state index >= 15 is 0 Å². The van der Waals surface area contributed by atoms with Gasteiger partial charge in [-0.2, -0.15) is 0 Å². The third-order valence-corrected chi connectivity index (χ3v) is 3.64. The van der Waals surface area contributed by atoms with Gasteiger partial charge in [-0.3, -0.25) is 4.79 Å². The molecule has 1 unspecified atom stereocenters. The van der Waals surface area contributed by atoms with E-state index in [9.17, 15) is 4.79 Å². The normalized spacial score (nSPS) is 13.5. The van der Waals surface area contributed by atoms with Gasteiger partial charge in [0.2, 0.25) is 5.88 Å². The Hall–Kier alpha value is -0.840. The molecule has 0 spiro atoms. The summed E-state index contributed by atoms with van der Waals surface area (Å²) in [6.45, 7) is 7.06. The van der Waals surface area contributed by atoms with Gasteiger partial charge in [-0.15, -0.1) is 5.10 Å². The number of nitrogens with zero attached hydrogens (tertiary/aromatic N) is 2.